The van der Waals surface area contributed by atoms with E-state index in [0.29, 0.717) is 0 Å². The number of allylic oxidation sites excluding steroid dienone is 1. The van der Waals surface area contributed by atoms with Crippen molar-refractivity contribution in [2.75, 3.05) is 5.33 Å². The molecule has 0 saturated carbocycles. The Morgan fingerprint density at radius 2 is 2.00 bits per heavy atom. The molecule has 0 N–H and O–H groups in total. The van der Waals surface area contributed by atoms with E-state index in [2.05, 4.69) is 38.4 Å². The molecule has 0 aliphatic heterocycles. The van der Waals surface area contributed by atoms with Gasteiger partial charge in [-0.25, -0.2) is 0 Å². The van der Waals surface area contributed by atoms with Crippen LogP contribution < -0.4 is 0 Å². The summed E-state index contributed by atoms with van der Waals surface area (Å²) in [6, 6.07) is 0. The van der Waals surface area contributed by atoms with Crippen molar-refractivity contribution in [3.8, 4) is 0 Å². The van der Waals surface area contributed by atoms with Crippen molar-refractivity contribution in [1.29, 1.82) is 0 Å². The van der Waals surface area contributed by atoms with Crippen LogP contribution in [0.5, 0.6) is 0 Å². The van der Waals surface area contributed by atoms with Gasteiger partial charge < -0.3 is 0 Å². The van der Waals surface area contributed by atoms with Crippen molar-refractivity contribution in [2.24, 2.45) is 0 Å². The van der Waals surface area contributed by atoms with Crippen molar-refractivity contribution in [3.63, 3.8) is 0 Å². The maximum Gasteiger partial charge on any atom is 0.0639 e. The van der Waals surface area contributed by atoms with E-state index in [9.17, 15) is 0 Å². The Labute approximate surface area is 114 Å². The Bertz CT molecular complexity index is 187. The fraction of sp³-hybridized carbons (Fsp3) is 0.800. The van der Waals surface area contributed by atoms with Gasteiger partial charge in [0.15, 0.2) is 0 Å². The SMILES string of the molecule is C=C(CC[C@@H](Br)C(C)(C)Cl)[C@@H](Cl)CBr. The van der Waals surface area contributed by atoms with Gasteiger partial charge in [-0.05, 0) is 26.7 Å². The predicted octanol–water partition coefficient (Wildman–Crippen LogP) is 5.11. The molecule has 0 aromatic rings. The first-order valence-corrected chi connectivity index (χ1v) is 7.35. The number of rotatable bonds is 6. The third-order valence-corrected chi connectivity index (χ3v) is 5.65. The fourth-order valence-electron chi connectivity index (χ4n) is 0.921. The first kappa shape index (κ1) is 15.3. The minimum absolute atomic E-state index is 0.0214. The summed E-state index contributed by atoms with van der Waals surface area (Å²) in [6.45, 7) is 7.95. The van der Waals surface area contributed by atoms with Crippen LogP contribution in [0.4, 0.5) is 0 Å². The van der Waals surface area contributed by atoms with Gasteiger partial charge in [0.05, 0.1) is 10.3 Å². The minimum atomic E-state index is -0.226. The maximum atomic E-state index is 6.16. The number of hydrogen-bond acceptors (Lipinski definition) is 0. The van der Waals surface area contributed by atoms with Gasteiger partial charge >= 0.3 is 0 Å². The van der Waals surface area contributed by atoms with Gasteiger partial charge in [0.1, 0.15) is 0 Å². The number of hydrogen-bond donors (Lipinski definition) is 0. The van der Waals surface area contributed by atoms with Crippen LogP contribution in [0.2, 0.25) is 0 Å². The lowest BCUT2D eigenvalue weighted by molar-refractivity contribution is 0.613. The normalized spacial score (nSPS) is 16.4. The molecule has 0 nitrogen and oxygen atoms in total. The first-order chi connectivity index (χ1) is 6.29. The molecule has 0 rings (SSSR count). The summed E-state index contributed by atoms with van der Waals surface area (Å²) in [6.07, 6.45) is 1.87. The van der Waals surface area contributed by atoms with Gasteiger partial charge in [-0.1, -0.05) is 44.0 Å². The van der Waals surface area contributed by atoms with Gasteiger partial charge in [0, 0.05) is 10.2 Å². The summed E-state index contributed by atoms with van der Waals surface area (Å²) >= 11 is 19.1. The second-order valence-electron chi connectivity index (χ2n) is 3.85. The predicted molar refractivity (Wildman–Crippen MR) is 74.5 cm³/mol. The molecule has 0 bridgehead atoms. The third-order valence-electron chi connectivity index (χ3n) is 2.04. The second kappa shape index (κ2) is 6.78. The van der Waals surface area contributed by atoms with Crippen molar-refractivity contribution in [2.45, 2.75) is 41.8 Å². The molecule has 0 amide bonds. The van der Waals surface area contributed by atoms with E-state index >= 15 is 0 Å². The van der Waals surface area contributed by atoms with E-state index in [-0.39, 0.29) is 15.1 Å². The average molecular weight is 367 g/mol. The van der Waals surface area contributed by atoms with Crippen LogP contribution in [0.25, 0.3) is 0 Å². The highest BCUT2D eigenvalue weighted by Crippen LogP contribution is 2.30. The molecule has 2 atom stereocenters. The number of halogens is 4. The zero-order valence-corrected chi connectivity index (χ0v) is 13.2. The Balaban J connectivity index is 3.89. The lowest BCUT2D eigenvalue weighted by Gasteiger charge is -2.23. The summed E-state index contributed by atoms with van der Waals surface area (Å²) in [5.41, 5.74) is 1.06. The standard InChI is InChI=1S/C10H16Br2Cl2/c1-7(8(13)6-11)4-5-9(12)10(2,3)14/h8-9H,1,4-6H2,2-3H3/t8-,9+/m0/s1. The molecule has 0 heterocycles. The van der Waals surface area contributed by atoms with Crippen LogP contribution in [0.15, 0.2) is 12.2 Å². The average Bonchev–Trinajstić information content (AvgIpc) is 2.10. The summed E-state index contributed by atoms with van der Waals surface area (Å²) in [4.78, 5) is 0.0591. The third kappa shape index (κ3) is 5.99. The second-order valence-corrected chi connectivity index (χ2v) is 7.10. The summed E-state index contributed by atoms with van der Waals surface area (Å²) in [7, 11) is 0. The van der Waals surface area contributed by atoms with Crippen LogP contribution in [0.3, 0.4) is 0 Å². The fourth-order valence-corrected chi connectivity index (χ4v) is 1.83. The van der Waals surface area contributed by atoms with E-state index < -0.39 is 0 Å². The van der Waals surface area contributed by atoms with Crippen molar-refractivity contribution in [1.82, 2.24) is 0 Å². The summed E-state index contributed by atoms with van der Waals surface area (Å²) in [5.74, 6) is 0. The molecule has 0 unspecified atom stereocenters. The molecular formula is C10H16Br2Cl2. The van der Waals surface area contributed by atoms with E-state index in [0.717, 1.165) is 23.7 Å². The van der Waals surface area contributed by atoms with Crippen molar-refractivity contribution >= 4 is 55.1 Å². The van der Waals surface area contributed by atoms with Crippen LogP contribution in [-0.2, 0) is 0 Å². The van der Waals surface area contributed by atoms with Gasteiger partial charge in [-0.3, -0.25) is 0 Å². The lowest BCUT2D eigenvalue weighted by atomic mass is 10.0. The van der Waals surface area contributed by atoms with Crippen molar-refractivity contribution < 1.29 is 0 Å². The molecule has 4 heteroatoms. The quantitative estimate of drug-likeness (QED) is 0.453. The molecule has 0 aliphatic carbocycles. The van der Waals surface area contributed by atoms with E-state index in [1.54, 1.807) is 0 Å². The highest BCUT2D eigenvalue weighted by Gasteiger charge is 2.24. The first-order valence-electron chi connectivity index (χ1n) is 4.49. The topological polar surface area (TPSA) is 0 Å². The molecule has 0 spiro atoms. The van der Waals surface area contributed by atoms with Gasteiger partial charge in [-0.15, -0.1) is 23.2 Å². The highest BCUT2D eigenvalue weighted by molar-refractivity contribution is 9.09. The lowest BCUT2D eigenvalue weighted by Crippen LogP contribution is -2.25. The van der Waals surface area contributed by atoms with E-state index in [1.807, 2.05) is 13.8 Å². The molecule has 0 aliphatic rings. The zero-order chi connectivity index (χ0) is 11.4. The Kier molecular flexibility index (Phi) is 7.39. The molecule has 0 saturated heterocycles. The number of alkyl halides is 4. The Morgan fingerprint density at radius 3 is 2.36 bits per heavy atom. The minimum Gasteiger partial charge on any atom is -0.119 e. The van der Waals surface area contributed by atoms with Crippen molar-refractivity contribution in [3.05, 3.63) is 12.2 Å². The molecule has 84 valence electrons. The van der Waals surface area contributed by atoms with E-state index in [1.165, 1.54) is 0 Å². The smallest absolute Gasteiger partial charge is 0.0639 e. The Morgan fingerprint density at radius 1 is 1.50 bits per heavy atom. The molecular weight excluding hydrogens is 351 g/mol. The van der Waals surface area contributed by atoms with Crippen LogP contribution >= 0.6 is 55.1 Å². The molecule has 0 fully saturated rings. The highest BCUT2D eigenvalue weighted by atomic mass is 79.9. The van der Waals surface area contributed by atoms with Gasteiger partial charge in [0.2, 0.25) is 0 Å². The van der Waals surface area contributed by atoms with Crippen LogP contribution in [-0.4, -0.2) is 20.4 Å². The molecule has 0 aromatic carbocycles. The van der Waals surface area contributed by atoms with Gasteiger partial charge in [0.25, 0.3) is 0 Å². The molecule has 0 aromatic heterocycles. The van der Waals surface area contributed by atoms with Gasteiger partial charge in [-0.2, -0.15) is 0 Å². The monoisotopic (exact) mass is 364 g/mol. The molecule has 14 heavy (non-hydrogen) atoms. The largest absolute Gasteiger partial charge is 0.119 e. The molecule has 0 radical (unpaired) electrons. The van der Waals surface area contributed by atoms with Crippen LogP contribution in [0.1, 0.15) is 26.7 Å². The summed E-state index contributed by atoms with van der Waals surface area (Å²) in [5, 5.41) is 0.776. The summed E-state index contributed by atoms with van der Waals surface area (Å²) < 4.78 is 0. The zero-order valence-electron chi connectivity index (χ0n) is 8.49. The Hall–Kier alpha value is 1.28. The maximum absolute atomic E-state index is 6.16. The van der Waals surface area contributed by atoms with Crippen LogP contribution in [0, 0.1) is 0 Å². The van der Waals surface area contributed by atoms with E-state index in [4.69, 9.17) is 23.2 Å².